The first-order chi connectivity index (χ1) is 7.18. The summed E-state index contributed by atoms with van der Waals surface area (Å²) in [6, 6.07) is 7.74. The third-order valence-corrected chi connectivity index (χ3v) is 2.96. The molecule has 0 radical (unpaired) electrons. The van der Waals surface area contributed by atoms with Gasteiger partial charge in [0.15, 0.2) is 0 Å². The van der Waals surface area contributed by atoms with Crippen molar-refractivity contribution in [3.05, 3.63) is 29.8 Å². The molecule has 1 aliphatic heterocycles. The third kappa shape index (κ3) is 2.70. The van der Waals surface area contributed by atoms with E-state index in [1.54, 1.807) is 0 Å². The molecule has 1 aromatic carbocycles. The molecule has 2 rings (SSSR count). The number of β-amino-alcohol motifs (C(OH)–C–C–N with tert-alkyl or cyclic N) is 1. The lowest BCUT2D eigenvalue weighted by molar-refractivity contribution is 0.0169. The smallest absolute Gasteiger partial charge is 0.0812 e. The first-order valence-corrected chi connectivity index (χ1v) is 5.45. The SMILES string of the molecule is Nc1ccc(CC2(O)CCCNC2)cc1. The summed E-state index contributed by atoms with van der Waals surface area (Å²) in [5.41, 5.74) is 6.96. The minimum atomic E-state index is -0.575. The second-order valence-electron chi connectivity index (χ2n) is 4.42. The maximum absolute atomic E-state index is 10.3. The van der Waals surface area contributed by atoms with Gasteiger partial charge in [-0.15, -0.1) is 0 Å². The summed E-state index contributed by atoms with van der Waals surface area (Å²) < 4.78 is 0. The molecule has 3 heteroatoms. The van der Waals surface area contributed by atoms with Gasteiger partial charge in [-0.25, -0.2) is 0 Å². The monoisotopic (exact) mass is 206 g/mol. The van der Waals surface area contributed by atoms with E-state index in [1.807, 2.05) is 24.3 Å². The summed E-state index contributed by atoms with van der Waals surface area (Å²) in [7, 11) is 0. The zero-order valence-corrected chi connectivity index (χ0v) is 8.87. The normalized spacial score (nSPS) is 26.5. The van der Waals surface area contributed by atoms with Crippen LogP contribution < -0.4 is 11.1 Å². The van der Waals surface area contributed by atoms with Gasteiger partial charge < -0.3 is 16.2 Å². The summed E-state index contributed by atoms with van der Waals surface area (Å²) in [5.74, 6) is 0. The molecule has 0 aliphatic carbocycles. The van der Waals surface area contributed by atoms with Crippen LogP contribution in [-0.4, -0.2) is 23.8 Å². The van der Waals surface area contributed by atoms with Crippen LogP contribution in [-0.2, 0) is 6.42 Å². The van der Waals surface area contributed by atoms with E-state index in [0.717, 1.165) is 30.6 Å². The van der Waals surface area contributed by atoms with Crippen molar-refractivity contribution in [2.75, 3.05) is 18.8 Å². The number of nitrogens with two attached hydrogens (primary N) is 1. The third-order valence-electron chi connectivity index (χ3n) is 2.96. The van der Waals surface area contributed by atoms with Crippen molar-refractivity contribution in [2.45, 2.75) is 24.9 Å². The Balaban J connectivity index is 2.03. The molecule has 15 heavy (non-hydrogen) atoms. The van der Waals surface area contributed by atoms with Gasteiger partial charge in [0, 0.05) is 18.7 Å². The van der Waals surface area contributed by atoms with Gasteiger partial charge in [0.25, 0.3) is 0 Å². The van der Waals surface area contributed by atoms with Gasteiger partial charge in [-0.3, -0.25) is 0 Å². The lowest BCUT2D eigenvalue weighted by Crippen LogP contribution is -2.47. The maximum atomic E-state index is 10.3. The lowest BCUT2D eigenvalue weighted by Gasteiger charge is -2.32. The average Bonchev–Trinajstić information content (AvgIpc) is 2.22. The minimum Gasteiger partial charge on any atom is -0.399 e. The number of aliphatic hydroxyl groups is 1. The fraction of sp³-hybridized carbons (Fsp3) is 0.500. The molecule has 0 saturated carbocycles. The number of rotatable bonds is 2. The van der Waals surface area contributed by atoms with Crippen molar-refractivity contribution in [3.8, 4) is 0 Å². The number of hydrogen-bond acceptors (Lipinski definition) is 3. The van der Waals surface area contributed by atoms with E-state index in [0.29, 0.717) is 13.0 Å². The quantitative estimate of drug-likeness (QED) is 0.631. The Morgan fingerprint density at radius 2 is 2.07 bits per heavy atom. The molecular weight excluding hydrogens is 188 g/mol. The number of hydrogen-bond donors (Lipinski definition) is 3. The highest BCUT2D eigenvalue weighted by molar-refractivity contribution is 5.39. The molecule has 1 heterocycles. The first-order valence-electron chi connectivity index (χ1n) is 5.45. The van der Waals surface area contributed by atoms with Crippen LogP contribution in [0.4, 0.5) is 5.69 Å². The van der Waals surface area contributed by atoms with Gasteiger partial charge in [-0.2, -0.15) is 0 Å². The van der Waals surface area contributed by atoms with E-state index in [-0.39, 0.29) is 0 Å². The molecule has 3 nitrogen and oxygen atoms in total. The predicted octanol–water partition coefficient (Wildman–Crippen LogP) is 0.926. The number of anilines is 1. The fourth-order valence-electron chi connectivity index (χ4n) is 2.12. The van der Waals surface area contributed by atoms with Crippen LogP contribution in [0, 0.1) is 0 Å². The molecule has 1 unspecified atom stereocenters. The number of piperidine rings is 1. The standard InChI is InChI=1S/C12H18N2O/c13-11-4-2-10(3-5-11)8-12(15)6-1-7-14-9-12/h2-5,14-15H,1,6-9,13H2. The Kier molecular flexibility index (Phi) is 2.93. The molecule has 0 aromatic heterocycles. The zero-order chi connectivity index (χ0) is 10.7. The molecule has 1 aliphatic rings. The van der Waals surface area contributed by atoms with Crippen molar-refractivity contribution in [3.63, 3.8) is 0 Å². The molecule has 1 saturated heterocycles. The number of benzene rings is 1. The van der Waals surface area contributed by atoms with Crippen molar-refractivity contribution in [1.82, 2.24) is 5.32 Å². The van der Waals surface area contributed by atoms with Crippen LogP contribution in [0.15, 0.2) is 24.3 Å². The van der Waals surface area contributed by atoms with Crippen LogP contribution in [0.3, 0.4) is 0 Å². The number of nitrogen functional groups attached to an aromatic ring is 1. The molecule has 0 amide bonds. The Morgan fingerprint density at radius 3 is 2.67 bits per heavy atom. The van der Waals surface area contributed by atoms with Gasteiger partial charge in [0.05, 0.1) is 5.60 Å². The van der Waals surface area contributed by atoms with Crippen molar-refractivity contribution in [2.24, 2.45) is 0 Å². The largest absolute Gasteiger partial charge is 0.399 e. The Morgan fingerprint density at radius 1 is 1.33 bits per heavy atom. The fourth-order valence-corrected chi connectivity index (χ4v) is 2.12. The maximum Gasteiger partial charge on any atom is 0.0812 e. The second-order valence-corrected chi connectivity index (χ2v) is 4.42. The Hall–Kier alpha value is -1.06. The van der Waals surface area contributed by atoms with Gasteiger partial charge in [0.1, 0.15) is 0 Å². The molecule has 1 aromatic rings. The van der Waals surface area contributed by atoms with Crippen LogP contribution in [0.25, 0.3) is 0 Å². The molecule has 1 atom stereocenters. The van der Waals surface area contributed by atoms with E-state index in [2.05, 4.69) is 5.32 Å². The summed E-state index contributed by atoms with van der Waals surface area (Å²) in [4.78, 5) is 0. The van der Waals surface area contributed by atoms with Crippen LogP contribution in [0.2, 0.25) is 0 Å². The van der Waals surface area contributed by atoms with Crippen LogP contribution in [0.1, 0.15) is 18.4 Å². The van der Waals surface area contributed by atoms with Crippen molar-refractivity contribution in [1.29, 1.82) is 0 Å². The Labute approximate surface area is 90.3 Å². The molecule has 0 spiro atoms. The minimum absolute atomic E-state index is 0.575. The summed E-state index contributed by atoms with van der Waals surface area (Å²) in [6.45, 7) is 1.71. The molecular formula is C12H18N2O. The van der Waals surface area contributed by atoms with Gasteiger partial charge in [-0.1, -0.05) is 12.1 Å². The van der Waals surface area contributed by atoms with Crippen LogP contribution in [0.5, 0.6) is 0 Å². The van der Waals surface area contributed by atoms with Crippen molar-refractivity contribution < 1.29 is 5.11 Å². The van der Waals surface area contributed by atoms with Crippen molar-refractivity contribution >= 4 is 5.69 Å². The summed E-state index contributed by atoms with van der Waals surface area (Å²) in [6.07, 6.45) is 2.64. The highest BCUT2D eigenvalue weighted by Crippen LogP contribution is 2.21. The van der Waals surface area contributed by atoms with E-state index in [4.69, 9.17) is 5.73 Å². The van der Waals surface area contributed by atoms with E-state index in [9.17, 15) is 5.11 Å². The van der Waals surface area contributed by atoms with Gasteiger partial charge >= 0.3 is 0 Å². The molecule has 4 N–H and O–H groups in total. The van der Waals surface area contributed by atoms with E-state index >= 15 is 0 Å². The zero-order valence-electron chi connectivity index (χ0n) is 8.87. The lowest BCUT2D eigenvalue weighted by atomic mass is 9.87. The molecule has 0 bridgehead atoms. The van der Waals surface area contributed by atoms with E-state index < -0.39 is 5.60 Å². The average molecular weight is 206 g/mol. The summed E-state index contributed by atoms with van der Waals surface area (Å²) >= 11 is 0. The highest BCUT2D eigenvalue weighted by Gasteiger charge is 2.28. The topological polar surface area (TPSA) is 58.3 Å². The first kappa shape index (κ1) is 10.5. The summed E-state index contributed by atoms with van der Waals surface area (Å²) in [5, 5.41) is 13.5. The van der Waals surface area contributed by atoms with Crippen LogP contribution >= 0.6 is 0 Å². The van der Waals surface area contributed by atoms with Gasteiger partial charge in [0.2, 0.25) is 0 Å². The molecule has 1 fully saturated rings. The second kappa shape index (κ2) is 4.21. The predicted molar refractivity (Wildman–Crippen MR) is 61.6 cm³/mol. The van der Waals surface area contributed by atoms with E-state index in [1.165, 1.54) is 0 Å². The highest BCUT2D eigenvalue weighted by atomic mass is 16.3. The molecule has 82 valence electrons. The Bertz CT molecular complexity index is 315. The van der Waals surface area contributed by atoms with Gasteiger partial charge in [-0.05, 0) is 37.1 Å². The number of nitrogens with one attached hydrogen (secondary N) is 1.